The molecule has 0 aromatic heterocycles. The first-order valence-electron chi connectivity index (χ1n) is 5.51. The highest BCUT2D eigenvalue weighted by atomic mass is 32.4. The standard InChI is InChI=1S/C12H22N2S/c1-5-14-15(3,4,6-2)11-8-7-10(13)9-12(11)15/h7-9,14H,5-6,13H2,1-4H3. The van der Waals surface area contributed by atoms with Crippen LogP contribution < -0.4 is 10.5 Å². The Kier molecular flexibility index (Phi) is 1.70. The van der Waals surface area contributed by atoms with E-state index >= 15 is 0 Å². The van der Waals surface area contributed by atoms with E-state index in [-0.39, 0.29) is 0 Å². The molecular weight excluding hydrogens is 204 g/mol. The predicted octanol–water partition coefficient (Wildman–Crippen LogP) is 2.68. The third-order valence-corrected chi connectivity index (χ3v) is 11.4. The molecule has 0 saturated heterocycles. The normalized spacial score (nSPS) is 27.7. The summed E-state index contributed by atoms with van der Waals surface area (Å²) in [6, 6.07) is 6.38. The average Bonchev–Trinajstić information content (AvgIpc) is 2.63. The summed E-state index contributed by atoms with van der Waals surface area (Å²) < 4.78 is 3.79. The minimum Gasteiger partial charge on any atom is -0.399 e. The largest absolute Gasteiger partial charge is 0.399 e. The van der Waals surface area contributed by atoms with Gasteiger partial charge in [0.2, 0.25) is 0 Å². The first-order chi connectivity index (χ1) is 6.82. The lowest BCUT2D eigenvalue weighted by atomic mass is 10.3. The van der Waals surface area contributed by atoms with Gasteiger partial charge in [0.1, 0.15) is 0 Å². The molecule has 86 valence electrons. The number of hydrogen-bond acceptors (Lipinski definition) is 2. The lowest BCUT2D eigenvalue weighted by Crippen LogP contribution is -2.38. The number of benzene rings is 1. The van der Waals surface area contributed by atoms with Crippen LogP contribution in [0.3, 0.4) is 0 Å². The Balaban J connectivity index is 2.63. The van der Waals surface area contributed by atoms with Crippen molar-refractivity contribution in [3.8, 4) is 0 Å². The number of nitrogen functional groups attached to an aromatic ring is 1. The van der Waals surface area contributed by atoms with Gasteiger partial charge in [0, 0.05) is 22.0 Å². The van der Waals surface area contributed by atoms with E-state index in [1.54, 1.807) is 0 Å². The Morgan fingerprint density at radius 2 is 1.87 bits per heavy atom. The predicted molar refractivity (Wildman–Crippen MR) is 71.0 cm³/mol. The molecule has 0 radical (unpaired) electrons. The Morgan fingerprint density at radius 1 is 1.20 bits per heavy atom. The number of nitrogens with one attached hydrogen (secondary N) is 1. The van der Waals surface area contributed by atoms with Crippen molar-refractivity contribution in [1.29, 1.82) is 0 Å². The van der Waals surface area contributed by atoms with Gasteiger partial charge in [0.25, 0.3) is 0 Å². The van der Waals surface area contributed by atoms with Crippen LogP contribution in [0.4, 0.5) is 5.69 Å². The lowest BCUT2D eigenvalue weighted by Gasteiger charge is -2.60. The zero-order valence-electron chi connectivity index (χ0n) is 10.1. The Labute approximate surface area is 91.6 Å². The first kappa shape index (κ1) is 10.8. The molecule has 15 heavy (non-hydrogen) atoms. The Bertz CT molecular complexity index is 451. The van der Waals surface area contributed by atoms with E-state index in [9.17, 15) is 0 Å². The van der Waals surface area contributed by atoms with E-state index in [1.807, 2.05) is 6.07 Å². The molecule has 0 aliphatic carbocycles. The molecule has 0 fully saturated rings. The molecule has 0 atom stereocenters. The SMILES string of the molecule is CCNS1(C)(C)(CC)c2ccc(N)cc21. The molecule has 1 aliphatic heterocycles. The van der Waals surface area contributed by atoms with Gasteiger partial charge in [0.15, 0.2) is 0 Å². The molecule has 0 saturated carbocycles. The molecule has 0 unspecified atom stereocenters. The Morgan fingerprint density at radius 3 is 2.33 bits per heavy atom. The van der Waals surface area contributed by atoms with Crippen molar-refractivity contribution in [1.82, 2.24) is 4.72 Å². The minimum atomic E-state index is -2.24. The van der Waals surface area contributed by atoms with Crippen molar-refractivity contribution in [2.75, 3.05) is 30.5 Å². The van der Waals surface area contributed by atoms with Gasteiger partial charge >= 0.3 is 0 Å². The van der Waals surface area contributed by atoms with Gasteiger partial charge in [0.05, 0.1) is 0 Å². The summed E-state index contributed by atoms with van der Waals surface area (Å²) in [5.74, 6) is 1.16. The van der Waals surface area contributed by atoms with Crippen molar-refractivity contribution in [2.45, 2.75) is 23.6 Å². The average molecular weight is 226 g/mol. The van der Waals surface area contributed by atoms with Crippen LogP contribution in [0, 0.1) is 0 Å². The molecule has 0 amide bonds. The number of hydrogen-bond donors (Lipinski definition) is 2. The molecule has 1 heterocycles. The maximum absolute atomic E-state index is 5.87. The van der Waals surface area contributed by atoms with Crippen LogP contribution in [0.1, 0.15) is 13.8 Å². The van der Waals surface area contributed by atoms with Crippen LogP contribution in [-0.2, 0) is 0 Å². The fourth-order valence-electron chi connectivity index (χ4n) is 2.70. The lowest BCUT2D eigenvalue weighted by molar-refractivity contribution is 0.992. The number of fused-ring (bicyclic) bond motifs is 1. The van der Waals surface area contributed by atoms with Gasteiger partial charge in [-0.05, 0) is 36.5 Å². The van der Waals surface area contributed by atoms with Crippen LogP contribution >= 0.6 is 8.48 Å². The summed E-state index contributed by atoms with van der Waals surface area (Å²) in [6.45, 7) is 5.47. The monoisotopic (exact) mass is 226 g/mol. The van der Waals surface area contributed by atoms with E-state index in [4.69, 9.17) is 5.73 Å². The fourth-order valence-corrected chi connectivity index (χ4v) is 8.19. The second-order valence-corrected chi connectivity index (χ2v) is 13.1. The molecule has 0 bridgehead atoms. The highest BCUT2D eigenvalue weighted by molar-refractivity contribution is 8.66. The van der Waals surface area contributed by atoms with Crippen LogP contribution in [0.5, 0.6) is 0 Å². The number of nitrogens with two attached hydrogens (primary N) is 1. The van der Waals surface area contributed by atoms with Gasteiger partial charge in [-0.3, -0.25) is 4.72 Å². The molecular formula is C12H22N2S. The zero-order valence-corrected chi connectivity index (χ0v) is 10.9. The molecule has 2 rings (SSSR count). The van der Waals surface area contributed by atoms with Crippen LogP contribution in [0.25, 0.3) is 0 Å². The third kappa shape index (κ3) is 1.00. The summed E-state index contributed by atoms with van der Waals surface area (Å²) >= 11 is 0. The first-order valence-corrected chi connectivity index (χ1v) is 8.95. The molecule has 0 spiro atoms. The third-order valence-electron chi connectivity index (χ3n) is 4.25. The molecule has 1 aliphatic rings. The highest BCUT2D eigenvalue weighted by Gasteiger charge is 2.67. The smallest absolute Gasteiger partial charge is 0.0325 e. The van der Waals surface area contributed by atoms with E-state index in [0.717, 1.165) is 18.0 Å². The van der Waals surface area contributed by atoms with Crippen LogP contribution in [0.2, 0.25) is 0 Å². The molecule has 1 aromatic rings. The summed E-state index contributed by atoms with van der Waals surface area (Å²) in [5.41, 5.74) is 6.75. The van der Waals surface area contributed by atoms with E-state index in [0.29, 0.717) is 0 Å². The summed E-state index contributed by atoms with van der Waals surface area (Å²) in [7, 11) is -2.24. The molecule has 1 aromatic carbocycles. The molecule has 3 N–H and O–H groups in total. The van der Waals surface area contributed by atoms with Gasteiger partial charge in [-0.1, -0.05) is 13.8 Å². The fraction of sp³-hybridized carbons (Fsp3) is 0.500. The van der Waals surface area contributed by atoms with Crippen molar-refractivity contribution >= 4 is 14.2 Å². The number of anilines is 1. The van der Waals surface area contributed by atoms with Gasteiger partial charge in [-0.2, -0.15) is 0 Å². The summed E-state index contributed by atoms with van der Waals surface area (Å²) in [4.78, 5) is 2.98. The topological polar surface area (TPSA) is 38.0 Å². The summed E-state index contributed by atoms with van der Waals surface area (Å²) in [5, 5.41) is 0. The van der Waals surface area contributed by atoms with Crippen molar-refractivity contribution in [3.05, 3.63) is 18.2 Å². The minimum absolute atomic E-state index is 0.881. The van der Waals surface area contributed by atoms with Crippen LogP contribution in [-0.4, -0.2) is 24.8 Å². The van der Waals surface area contributed by atoms with Crippen molar-refractivity contribution in [2.24, 2.45) is 0 Å². The van der Waals surface area contributed by atoms with Crippen molar-refractivity contribution in [3.63, 3.8) is 0 Å². The maximum Gasteiger partial charge on any atom is 0.0325 e. The van der Waals surface area contributed by atoms with E-state index in [2.05, 4.69) is 43.2 Å². The quantitative estimate of drug-likeness (QED) is 0.614. The van der Waals surface area contributed by atoms with Gasteiger partial charge < -0.3 is 5.73 Å². The number of rotatable bonds is 3. The second-order valence-electron chi connectivity index (χ2n) is 5.44. The molecule has 3 heteroatoms. The van der Waals surface area contributed by atoms with Gasteiger partial charge in [-0.15, -0.1) is 0 Å². The van der Waals surface area contributed by atoms with E-state index < -0.39 is 8.48 Å². The van der Waals surface area contributed by atoms with Gasteiger partial charge in [-0.25, -0.2) is 8.48 Å². The highest BCUT2D eigenvalue weighted by Crippen LogP contribution is 3.04. The summed E-state index contributed by atoms with van der Waals surface area (Å²) in [6.07, 6.45) is 4.82. The second kappa shape index (κ2) is 2.36. The zero-order chi connectivity index (χ0) is 11.4. The van der Waals surface area contributed by atoms with Crippen LogP contribution in [0.15, 0.2) is 28.0 Å². The van der Waals surface area contributed by atoms with E-state index in [1.165, 1.54) is 9.79 Å². The Hall–Kier alpha value is -0.670. The van der Waals surface area contributed by atoms with Crippen molar-refractivity contribution < 1.29 is 0 Å². The molecule has 2 nitrogen and oxygen atoms in total. The maximum atomic E-state index is 5.87.